The standard InChI is InChI=1S/C12H24N2O2/c1-13(2)11-6-8-14(9-7-11)12(16)5-3-4-10-15/h11,15H,3-10H2,1-2H3. The number of nitrogens with zero attached hydrogens (tertiary/aromatic N) is 2. The van der Waals surface area contributed by atoms with Gasteiger partial charge in [0.1, 0.15) is 0 Å². The zero-order chi connectivity index (χ0) is 12.0. The van der Waals surface area contributed by atoms with Crippen LogP contribution in [0.3, 0.4) is 0 Å². The van der Waals surface area contributed by atoms with Gasteiger partial charge in [-0.25, -0.2) is 0 Å². The van der Waals surface area contributed by atoms with Crippen molar-refractivity contribution >= 4 is 5.91 Å². The number of aliphatic hydroxyl groups is 1. The van der Waals surface area contributed by atoms with Crippen molar-refractivity contribution in [2.24, 2.45) is 0 Å². The van der Waals surface area contributed by atoms with Crippen molar-refractivity contribution in [3.8, 4) is 0 Å². The van der Waals surface area contributed by atoms with Crippen molar-refractivity contribution in [3.63, 3.8) is 0 Å². The van der Waals surface area contributed by atoms with Crippen molar-refractivity contribution in [1.82, 2.24) is 9.80 Å². The molecule has 0 aromatic carbocycles. The highest BCUT2D eigenvalue weighted by Crippen LogP contribution is 2.15. The SMILES string of the molecule is CN(C)C1CCN(C(=O)CCCCO)CC1. The zero-order valence-corrected chi connectivity index (χ0v) is 10.5. The van der Waals surface area contributed by atoms with Crippen LogP contribution in [0.25, 0.3) is 0 Å². The Morgan fingerprint density at radius 2 is 1.94 bits per heavy atom. The first-order valence-electron chi connectivity index (χ1n) is 6.20. The molecule has 1 amide bonds. The molecule has 0 atom stereocenters. The van der Waals surface area contributed by atoms with E-state index in [-0.39, 0.29) is 12.5 Å². The lowest BCUT2D eigenvalue weighted by Crippen LogP contribution is -2.44. The van der Waals surface area contributed by atoms with Crippen molar-refractivity contribution < 1.29 is 9.90 Å². The molecule has 1 saturated heterocycles. The summed E-state index contributed by atoms with van der Waals surface area (Å²) in [7, 11) is 4.20. The highest BCUT2D eigenvalue weighted by Gasteiger charge is 2.23. The van der Waals surface area contributed by atoms with Gasteiger partial charge in [0.25, 0.3) is 0 Å². The van der Waals surface area contributed by atoms with Crippen LogP contribution in [-0.4, -0.2) is 60.6 Å². The van der Waals surface area contributed by atoms with Gasteiger partial charge >= 0.3 is 0 Å². The van der Waals surface area contributed by atoms with Crippen LogP contribution < -0.4 is 0 Å². The maximum Gasteiger partial charge on any atom is 0.222 e. The fourth-order valence-corrected chi connectivity index (χ4v) is 2.18. The second-order valence-corrected chi connectivity index (χ2v) is 4.76. The second-order valence-electron chi connectivity index (χ2n) is 4.76. The van der Waals surface area contributed by atoms with Gasteiger partial charge in [-0.3, -0.25) is 4.79 Å². The predicted octanol–water partition coefficient (Wildman–Crippen LogP) is 0.702. The topological polar surface area (TPSA) is 43.8 Å². The average molecular weight is 228 g/mol. The number of piperidine rings is 1. The summed E-state index contributed by atoms with van der Waals surface area (Å²) >= 11 is 0. The third kappa shape index (κ3) is 4.10. The Morgan fingerprint density at radius 1 is 1.31 bits per heavy atom. The van der Waals surface area contributed by atoms with Gasteiger partial charge in [-0.1, -0.05) is 0 Å². The fraction of sp³-hybridized carbons (Fsp3) is 0.917. The number of aliphatic hydroxyl groups excluding tert-OH is 1. The van der Waals surface area contributed by atoms with Crippen LogP contribution in [0.1, 0.15) is 32.1 Å². The first-order valence-corrected chi connectivity index (χ1v) is 6.20. The van der Waals surface area contributed by atoms with E-state index in [2.05, 4.69) is 19.0 Å². The van der Waals surface area contributed by atoms with Gasteiger partial charge in [0, 0.05) is 32.2 Å². The third-order valence-corrected chi connectivity index (χ3v) is 3.35. The Hall–Kier alpha value is -0.610. The molecule has 1 aliphatic heterocycles. The van der Waals surface area contributed by atoms with E-state index < -0.39 is 0 Å². The Labute approximate surface area is 98.2 Å². The van der Waals surface area contributed by atoms with Gasteiger partial charge in [0.15, 0.2) is 0 Å². The number of carbonyl (C=O) groups is 1. The third-order valence-electron chi connectivity index (χ3n) is 3.35. The number of amides is 1. The Bertz CT molecular complexity index is 211. The predicted molar refractivity (Wildman–Crippen MR) is 64.2 cm³/mol. The summed E-state index contributed by atoms with van der Waals surface area (Å²) in [5.74, 6) is 0.255. The molecule has 0 saturated carbocycles. The molecule has 0 aromatic rings. The lowest BCUT2D eigenvalue weighted by molar-refractivity contribution is -0.132. The maximum absolute atomic E-state index is 11.8. The first kappa shape index (κ1) is 13.5. The lowest BCUT2D eigenvalue weighted by atomic mass is 10.0. The molecule has 1 N–H and O–H groups in total. The fourth-order valence-electron chi connectivity index (χ4n) is 2.18. The molecule has 94 valence electrons. The van der Waals surface area contributed by atoms with Crippen molar-refractivity contribution in [1.29, 1.82) is 0 Å². The summed E-state index contributed by atoms with van der Waals surface area (Å²) in [6.07, 6.45) is 4.30. The Kier molecular flexibility index (Phi) is 5.77. The average Bonchev–Trinajstić information content (AvgIpc) is 2.29. The lowest BCUT2D eigenvalue weighted by Gasteiger charge is -2.35. The van der Waals surface area contributed by atoms with Gasteiger partial charge in [-0.2, -0.15) is 0 Å². The van der Waals surface area contributed by atoms with Crippen molar-refractivity contribution in [3.05, 3.63) is 0 Å². The largest absolute Gasteiger partial charge is 0.396 e. The molecule has 1 aliphatic rings. The molecule has 0 radical (unpaired) electrons. The van der Waals surface area contributed by atoms with E-state index in [0.717, 1.165) is 38.8 Å². The van der Waals surface area contributed by atoms with E-state index in [4.69, 9.17) is 5.11 Å². The van der Waals surface area contributed by atoms with E-state index in [1.807, 2.05) is 4.90 Å². The van der Waals surface area contributed by atoms with Gasteiger partial charge in [-0.05, 0) is 39.8 Å². The van der Waals surface area contributed by atoms with Crippen molar-refractivity contribution in [2.75, 3.05) is 33.8 Å². The normalized spacial score (nSPS) is 18.1. The molecule has 1 rings (SSSR count). The number of carbonyl (C=O) groups excluding carboxylic acids is 1. The van der Waals surface area contributed by atoms with E-state index in [0.29, 0.717) is 12.5 Å². The summed E-state index contributed by atoms with van der Waals surface area (Å²) in [4.78, 5) is 16.0. The van der Waals surface area contributed by atoms with Crippen LogP contribution in [0.4, 0.5) is 0 Å². The van der Waals surface area contributed by atoms with Gasteiger partial charge in [0.2, 0.25) is 5.91 Å². The summed E-state index contributed by atoms with van der Waals surface area (Å²) in [5.41, 5.74) is 0. The van der Waals surface area contributed by atoms with E-state index >= 15 is 0 Å². The number of hydrogen-bond acceptors (Lipinski definition) is 3. The first-order chi connectivity index (χ1) is 7.65. The van der Waals surface area contributed by atoms with Gasteiger partial charge in [-0.15, -0.1) is 0 Å². The molecule has 0 aliphatic carbocycles. The molecule has 16 heavy (non-hydrogen) atoms. The molecule has 1 fully saturated rings. The quantitative estimate of drug-likeness (QED) is 0.705. The van der Waals surface area contributed by atoms with Crippen LogP contribution >= 0.6 is 0 Å². The van der Waals surface area contributed by atoms with E-state index in [1.54, 1.807) is 0 Å². The highest BCUT2D eigenvalue weighted by atomic mass is 16.3. The summed E-state index contributed by atoms with van der Waals surface area (Å²) in [6.45, 7) is 1.97. The van der Waals surface area contributed by atoms with Gasteiger partial charge < -0.3 is 14.9 Å². The number of unbranched alkanes of at least 4 members (excludes halogenated alkanes) is 1. The Balaban J connectivity index is 2.22. The molecular formula is C12H24N2O2. The summed E-state index contributed by atoms with van der Waals surface area (Å²) in [5, 5.41) is 8.65. The minimum atomic E-state index is 0.190. The van der Waals surface area contributed by atoms with E-state index in [9.17, 15) is 4.79 Å². The molecule has 1 heterocycles. The smallest absolute Gasteiger partial charge is 0.222 e. The molecule has 0 spiro atoms. The Morgan fingerprint density at radius 3 is 2.44 bits per heavy atom. The van der Waals surface area contributed by atoms with Crippen LogP contribution in [0, 0.1) is 0 Å². The van der Waals surface area contributed by atoms with E-state index in [1.165, 1.54) is 0 Å². The van der Waals surface area contributed by atoms with Crippen LogP contribution in [0.2, 0.25) is 0 Å². The van der Waals surface area contributed by atoms with Crippen molar-refractivity contribution in [2.45, 2.75) is 38.1 Å². The maximum atomic E-state index is 11.8. The number of rotatable bonds is 5. The monoisotopic (exact) mass is 228 g/mol. The zero-order valence-electron chi connectivity index (χ0n) is 10.5. The molecule has 4 nitrogen and oxygen atoms in total. The molecular weight excluding hydrogens is 204 g/mol. The molecule has 0 unspecified atom stereocenters. The minimum absolute atomic E-state index is 0.190. The van der Waals surface area contributed by atoms with Crippen LogP contribution in [-0.2, 0) is 4.79 Å². The number of hydrogen-bond donors (Lipinski definition) is 1. The summed E-state index contributed by atoms with van der Waals surface area (Å²) < 4.78 is 0. The second kappa shape index (κ2) is 6.86. The highest BCUT2D eigenvalue weighted by molar-refractivity contribution is 5.76. The minimum Gasteiger partial charge on any atom is -0.396 e. The summed E-state index contributed by atoms with van der Waals surface area (Å²) in [6, 6.07) is 0.626. The van der Waals surface area contributed by atoms with Crippen LogP contribution in [0.15, 0.2) is 0 Å². The molecule has 4 heteroatoms. The molecule has 0 aromatic heterocycles. The van der Waals surface area contributed by atoms with Crippen LogP contribution in [0.5, 0.6) is 0 Å². The molecule has 0 bridgehead atoms. The van der Waals surface area contributed by atoms with Gasteiger partial charge in [0.05, 0.1) is 0 Å². The number of likely N-dealkylation sites (tertiary alicyclic amines) is 1.